The number of pyridine rings is 1. The van der Waals surface area contributed by atoms with E-state index in [0.29, 0.717) is 6.54 Å². The van der Waals surface area contributed by atoms with Crippen molar-refractivity contribution in [2.45, 2.75) is 45.6 Å². The molecule has 5 heteroatoms. The van der Waals surface area contributed by atoms with Crippen LogP contribution in [0.4, 0.5) is 5.82 Å². The van der Waals surface area contributed by atoms with Gasteiger partial charge in [-0.15, -0.1) is 0 Å². The van der Waals surface area contributed by atoms with E-state index in [4.69, 9.17) is 4.74 Å². The van der Waals surface area contributed by atoms with Gasteiger partial charge in [-0.2, -0.15) is 0 Å². The van der Waals surface area contributed by atoms with E-state index in [2.05, 4.69) is 16.8 Å². The molecule has 1 aromatic heterocycles. The van der Waals surface area contributed by atoms with Crippen LogP contribution in [0.5, 0.6) is 5.75 Å². The van der Waals surface area contributed by atoms with E-state index in [1.54, 1.807) is 0 Å². The van der Waals surface area contributed by atoms with Gasteiger partial charge >= 0.3 is 0 Å². The van der Waals surface area contributed by atoms with E-state index >= 15 is 0 Å². The van der Waals surface area contributed by atoms with Gasteiger partial charge in [-0.05, 0) is 38.3 Å². The van der Waals surface area contributed by atoms with Crippen LogP contribution >= 0.6 is 0 Å². The highest BCUT2D eigenvalue weighted by molar-refractivity contribution is 5.93. The first kappa shape index (κ1) is 16.8. The number of hydrogen-bond acceptors (Lipinski definition) is 4. The number of nitrogens with zero attached hydrogens (tertiary/aromatic N) is 3. The van der Waals surface area contributed by atoms with Crippen LogP contribution in [0, 0.1) is 0 Å². The summed E-state index contributed by atoms with van der Waals surface area (Å²) in [5.74, 6) is 1.93. The van der Waals surface area contributed by atoms with Gasteiger partial charge < -0.3 is 14.5 Å². The summed E-state index contributed by atoms with van der Waals surface area (Å²) >= 11 is 0. The van der Waals surface area contributed by atoms with Crippen molar-refractivity contribution < 1.29 is 9.53 Å². The Morgan fingerprint density at radius 2 is 2.17 bits per heavy atom. The van der Waals surface area contributed by atoms with E-state index in [-0.39, 0.29) is 12.0 Å². The Morgan fingerprint density at radius 1 is 1.38 bits per heavy atom. The van der Waals surface area contributed by atoms with Crippen LogP contribution in [0.2, 0.25) is 0 Å². The number of anilines is 1. The van der Waals surface area contributed by atoms with Crippen LogP contribution in [0.3, 0.4) is 0 Å². The molecule has 130 valence electrons. The average Bonchev–Trinajstić information content (AvgIpc) is 3.26. The number of carbonyl (C=O) groups excluding carboxylic acids is 1. The third-order valence-electron chi connectivity index (χ3n) is 4.73. The molecule has 1 amide bonds. The van der Waals surface area contributed by atoms with Crippen LogP contribution in [0.15, 0.2) is 30.0 Å². The number of ether oxygens (including phenoxy) is 1. The zero-order valence-electron chi connectivity index (χ0n) is 14.7. The lowest BCUT2D eigenvalue weighted by atomic mass is 10.2. The Kier molecular flexibility index (Phi) is 5.38. The Bertz CT molecular complexity index is 608. The van der Waals surface area contributed by atoms with Crippen molar-refractivity contribution in [3.05, 3.63) is 30.0 Å². The first-order valence-corrected chi connectivity index (χ1v) is 9.01. The molecule has 0 aromatic carbocycles. The predicted octanol–water partition coefficient (Wildman–Crippen LogP) is 3.02. The zero-order valence-corrected chi connectivity index (χ0v) is 14.7. The van der Waals surface area contributed by atoms with Crippen molar-refractivity contribution in [1.29, 1.82) is 0 Å². The van der Waals surface area contributed by atoms with Crippen molar-refractivity contribution in [2.24, 2.45) is 0 Å². The number of allylic oxidation sites excluding steroid dienone is 1. The summed E-state index contributed by atoms with van der Waals surface area (Å²) in [6.07, 6.45) is 8.05. The maximum Gasteiger partial charge on any atom is 0.249 e. The summed E-state index contributed by atoms with van der Waals surface area (Å²) in [6, 6.07) is 3.91. The Hall–Kier alpha value is -2.04. The fourth-order valence-corrected chi connectivity index (χ4v) is 3.47. The molecule has 0 N–H and O–H groups in total. The minimum Gasteiger partial charge on any atom is -0.485 e. The van der Waals surface area contributed by atoms with Crippen molar-refractivity contribution >= 4 is 11.7 Å². The summed E-state index contributed by atoms with van der Waals surface area (Å²) < 4.78 is 6.22. The first-order valence-electron chi connectivity index (χ1n) is 9.01. The quantitative estimate of drug-likeness (QED) is 0.779. The van der Waals surface area contributed by atoms with Gasteiger partial charge in [0.05, 0.1) is 6.54 Å². The van der Waals surface area contributed by atoms with Crippen molar-refractivity contribution in [1.82, 2.24) is 9.88 Å². The zero-order chi connectivity index (χ0) is 16.9. The lowest BCUT2D eigenvalue weighted by molar-refractivity contribution is -0.126. The Labute approximate surface area is 144 Å². The van der Waals surface area contributed by atoms with Crippen LogP contribution in [-0.4, -0.2) is 48.1 Å². The fraction of sp³-hybridized carbons (Fsp3) is 0.579. The standard InChI is InChI=1S/C19H27N3O2/c1-3-7-15(2)19(23)22-13-9-16(14-22)24-17-8-6-10-20-18(17)21-11-4-5-12-21/h6-8,10,16H,3-5,9,11-14H2,1-2H3/b15-7+. The predicted molar refractivity (Wildman–Crippen MR) is 95.3 cm³/mol. The smallest absolute Gasteiger partial charge is 0.249 e. The minimum atomic E-state index is 0.0499. The Morgan fingerprint density at radius 3 is 2.92 bits per heavy atom. The van der Waals surface area contributed by atoms with Gasteiger partial charge in [0.15, 0.2) is 11.6 Å². The summed E-state index contributed by atoms with van der Waals surface area (Å²) in [5.41, 5.74) is 0.831. The normalized spacial score (nSPS) is 21.4. The molecule has 3 heterocycles. The van der Waals surface area contributed by atoms with Gasteiger partial charge in [0, 0.05) is 37.8 Å². The number of hydrogen-bond donors (Lipinski definition) is 0. The topological polar surface area (TPSA) is 45.7 Å². The van der Waals surface area contributed by atoms with E-state index in [1.165, 1.54) is 12.8 Å². The molecule has 24 heavy (non-hydrogen) atoms. The highest BCUT2D eigenvalue weighted by Gasteiger charge is 2.29. The molecule has 1 unspecified atom stereocenters. The molecule has 0 saturated carbocycles. The molecular weight excluding hydrogens is 302 g/mol. The second kappa shape index (κ2) is 7.69. The number of aromatic nitrogens is 1. The van der Waals surface area contributed by atoms with Crippen LogP contribution in [0.25, 0.3) is 0 Å². The average molecular weight is 329 g/mol. The van der Waals surface area contributed by atoms with E-state index in [0.717, 1.165) is 49.6 Å². The lowest BCUT2D eigenvalue weighted by Gasteiger charge is -2.22. The number of carbonyl (C=O) groups is 1. The number of likely N-dealkylation sites (tertiary alicyclic amines) is 1. The van der Waals surface area contributed by atoms with Gasteiger partial charge in [0.2, 0.25) is 5.91 Å². The monoisotopic (exact) mass is 329 g/mol. The molecule has 0 aliphatic carbocycles. The SMILES string of the molecule is CC/C=C(\C)C(=O)N1CCC(Oc2cccnc2N2CCCC2)C1. The maximum atomic E-state index is 12.4. The van der Waals surface area contributed by atoms with Gasteiger partial charge in [-0.25, -0.2) is 4.98 Å². The molecule has 0 radical (unpaired) electrons. The van der Waals surface area contributed by atoms with E-state index < -0.39 is 0 Å². The molecule has 5 nitrogen and oxygen atoms in total. The molecule has 2 aliphatic heterocycles. The first-order chi connectivity index (χ1) is 11.7. The van der Waals surface area contributed by atoms with Gasteiger partial charge in [0.1, 0.15) is 6.10 Å². The van der Waals surface area contributed by atoms with Gasteiger partial charge in [-0.3, -0.25) is 4.79 Å². The maximum absolute atomic E-state index is 12.4. The van der Waals surface area contributed by atoms with Crippen molar-refractivity contribution in [2.75, 3.05) is 31.1 Å². The number of amides is 1. The molecule has 3 rings (SSSR count). The van der Waals surface area contributed by atoms with Crippen molar-refractivity contribution in [3.8, 4) is 5.75 Å². The summed E-state index contributed by atoms with van der Waals surface area (Å²) in [6.45, 7) is 7.45. The van der Waals surface area contributed by atoms with E-state index in [9.17, 15) is 4.79 Å². The van der Waals surface area contributed by atoms with Crippen LogP contribution in [0.1, 0.15) is 39.5 Å². The molecule has 2 aliphatic rings. The third-order valence-corrected chi connectivity index (χ3v) is 4.73. The van der Waals surface area contributed by atoms with Crippen molar-refractivity contribution in [3.63, 3.8) is 0 Å². The molecular formula is C19H27N3O2. The second-order valence-corrected chi connectivity index (χ2v) is 6.59. The third kappa shape index (κ3) is 3.71. The molecule has 2 fully saturated rings. The highest BCUT2D eigenvalue weighted by atomic mass is 16.5. The molecule has 1 atom stereocenters. The highest BCUT2D eigenvalue weighted by Crippen LogP contribution is 2.30. The van der Waals surface area contributed by atoms with Gasteiger partial charge in [-0.1, -0.05) is 13.0 Å². The van der Waals surface area contributed by atoms with Gasteiger partial charge in [0.25, 0.3) is 0 Å². The fourth-order valence-electron chi connectivity index (χ4n) is 3.47. The Balaban J connectivity index is 1.64. The molecule has 0 spiro atoms. The second-order valence-electron chi connectivity index (χ2n) is 6.59. The van der Waals surface area contributed by atoms with Crippen LogP contribution < -0.4 is 9.64 Å². The van der Waals surface area contributed by atoms with E-state index in [1.807, 2.05) is 36.2 Å². The number of rotatable bonds is 5. The summed E-state index contributed by atoms with van der Waals surface area (Å²) in [4.78, 5) is 21.1. The largest absolute Gasteiger partial charge is 0.485 e. The summed E-state index contributed by atoms with van der Waals surface area (Å²) in [7, 11) is 0. The minimum absolute atomic E-state index is 0.0499. The molecule has 0 bridgehead atoms. The lowest BCUT2D eigenvalue weighted by Crippen LogP contribution is -2.31. The molecule has 1 aromatic rings. The molecule has 2 saturated heterocycles. The summed E-state index contributed by atoms with van der Waals surface area (Å²) in [5, 5.41) is 0. The van der Waals surface area contributed by atoms with Crippen LogP contribution in [-0.2, 0) is 4.79 Å².